The Labute approximate surface area is 299 Å². The summed E-state index contributed by atoms with van der Waals surface area (Å²) in [5, 5.41) is 2.50. The number of hydrogen-bond acceptors (Lipinski definition) is 2. The Hall–Kier alpha value is -6.51. The van der Waals surface area contributed by atoms with E-state index in [0.29, 0.717) is 0 Å². The summed E-state index contributed by atoms with van der Waals surface area (Å²) in [6.45, 7) is 0. The van der Waals surface area contributed by atoms with E-state index >= 15 is 0 Å². The average molecular weight is 653 g/mol. The lowest BCUT2D eigenvalue weighted by atomic mass is 9.83. The molecular formula is C49H36N2. The van der Waals surface area contributed by atoms with E-state index in [-0.39, 0.29) is 6.04 Å². The minimum absolute atomic E-state index is 0.0483. The van der Waals surface area contributed by atoms with Gasteiger partial charge < -0.3 is 4.90 Å². The van der Waals surface area contributed by atoms with Crippen molar-refractivity contribution in [3.05, 3.63) is 211 Å². The largest absolute Gasteiger partial charge is 0.363 e. The van der Waals surface area contributed by atoms with Crippen LogP contribution in [-0.2, 0) is 0 Å². The van der Waals surface area contributed by atoms with Crippen LogP contribution in [0.25, 0.3) is 61.0 Å². The Bertz CT molecular complexity index is 2480. The zero-order chi connectivity index (χ0) is 34.1. The van der Waals surface area contributed by atoms with Gasteiger partial charge in [0.1, 0.15) is 0 Å². The average Bonchev–Trinajstić information content (AvgIpc) is 3.22. The minimum atomic E-state index is 0.0483. The smallest absolute Gasteiger partial charge is 0.0732 e. The van der Waals surface area contributed by atoms with E-state index in [4.69, 9.17) is 0 Å². The molecule has 51 heavy (non-hydrogen) atoms. The first kappa shape index (κ1) is 30.5. The molecule has 0 N–H and O–H groups in total. The quantitative estimate of drug-likeness (QED) is 0.178. The van der Waals surface area contributed by atoms with Gasteiger partial charge in [-0.15, -0.1) is 0 Å². The van der Waals surface area contributed by atoms with Crippen LogP contribution in [-0.4, -0.2) is 12.0 Å². The number of benzene rings is 7. The van der Waals surface area contributed by atoms with E-state index in [1.54, 1.807) is 0 Å². The zero-order valence-electron chi connectivity index (χ0n) is 28.4. The summed E-state index contributed by atoms with van der Waals surface area (Å²) in [7, 11) is 2.24. The van der Waals surface area contributed by atoms with Gasteiger partial charge in [0, 0.05) is 29.8 Å². The molecule has 9 rings (SSSR count). The number of nitrogens with zero attached hydrogens (tertiary/aromatic N) is 2. The molecule has 242 valence electrons. The molecule has 7 aromatic carbocycles. The molecule has 2 heterocycles. The summed E-state index contributed by atoms with van der Waals surface area (Å²) in [6.07, 6.45) is 4.30. The maximum atomic E-state index is 4.60. The van der Waals surface area contributed by atoms with Crippen LogP contribution < -0.4 is 4.90 Å². The van der Waals surface area contributed by atoms with Crippen molar-refractivity contribution in [1.29, 1.82) is 0 Å². The van der Waals surface area contributed by atoms with Crippen molar-refractivity contribution in [3.8, 4) is 44.6 Å². The van der Waals surface area contributed by atoms with E-state index < -0.39 is 0 Å². The summed E-state index contributed by atoms with van der Waals surface area (Å²) in [5.74, 6) is 0. The molecule has 0 bridgehead atoms. The lowest BCUT2D eigenvalue weighted by Crippen LogP contribution is -2.27. The predicted octanol–water partition coefficient (Wildman–Crippen LogP) is 12.5. The number of hydrogen-bond donors (Lipinski definition) is 0. The fraction of sp³-hybridized carbons (Fsp3) is 0.0408. The highest BCUT2D eigenvalue weighted by Crippen LogP contribution is 2.48. The molecule has 1 atom stereocenters. The topological polar surface area (TPSA) is 16.1 Å². The van der Waals surface area contributed by atoms with Crippen LogP contribution in [0, 0.1) is 0 Å². The van der Waals surface area contributed by atoms with Crippen LogP contribution in [0.15, 0.2) is 194 Å². The van der Waals surface area contributed by atoms with Gasteiger partial charge in [-0.05, 0) is 79.7 Å². The van der Waals surface area contributed by atoms with E-state index in [2.05, 4.69) is 193 Å². The highest BCUT2D eigenvalue weighted by molar-refractivity contribution is 6.10. The van der Waals surface area contributed by atoms with Gasteiger partial charge >= 0.3 is 0 Å². The van der Waals surface area contributed by atoms with Crippen LogP contribution in [0.1, 0.15) is 22.7 Å². The van der Waals surface area contributed by atoms with Crippen molar-refractivity contribution < 1.29 is 0 Å². The van der Waals surface area contributed by atoms with Gasteiger partial charge in [0.2, 0.25) is 0 Å². The molecule has 0 aliphatic carbocycles. The van der Waals surface area contributed by atoms with Crippen LogP contribution >= 0.6 is 0 Å². The minimum Gasteiger partial charge on any atom is -0.363 e. The predicted molar refractivity (Wildman–Crippen MR) is 215 cm³/mol. The van der Waals surface area contributed by atoms with Crippen molar-refractivity contribution in [3.63, 3.8) is 0 Å². The maximum absolute atomic E-state index is 4.60. The van der Waals surface area contributed by atoms with Crippen LogP contribution in [0.2, 0.25) is 0 Å². The Kier molecular flexibility index (Phi) is 7.83. The standard InChI is InChI=1S/C49H36N2/c1-51-48(41-29-21-37(22-30-41)35-14-6-3-7-15-35)33-45(39-25-27-40(28-26-39)47-18-10-11-31-50-47)46-32-44(42-16-8-9-17-43(42)49(46)51)38-23-19-36(20-24-38)34-12-4-2-5-13-34/h2-33,48H,1H3. The van der Waals surface area contributed by atoms with Crippen LogP contribution in [0.3, 0.4) is 0 Å². The second kappa shape index (κ2) is 13.1. The van der Waals surface area contributed by atoms with Gasteiger partial charge in [-0.2, -0.15) is 0 Å². The molecule has 0 fully saturated rings. The molecule has 0 spiro atoms. The maximum Gasteiger partial charge on any atom is 0.0732 e. The second-order valence-electron chi connectivity index (χ2n) is 13.2. The van der Waals surface area contributed by atoms with Gasteiger partial charge in [0.05, 0.1) is 17.4 Å². The van der Waals surface area contributed by atoms with E-state index in [9.17, 15) is 0 Å². The van der Waals surface area contributed by atoms with Gasteiger partial charge in [-0.25, -0.2) is 0 Å². The molecule has 2 nitrogen and oxygen atoms in total. The third kappa shape index (κ3) is 5.71. The number of likely N-dealkylation sites (N-methyl/N-ethyl adjacent to an activating group) is 1. The molecule has 1 unspecified atom stereocenters. The number of rotatable bonds is 6. The Balaban J connectivity index is 1.20. The van der Waals surface area contributed by atoms with Crippen molar-refractivity contribution >= 4 is 22.0 Å². The molecule has 8 aromatic rings. The highest BCUT2D eigenvalue weighted by Gasteiger charge is 2.29. The molecule has 1 aromatic heterocycles. The first-order valence-electron chi connectivity index (χ1n) is 17.6. The van der Waals surface area contributed by atoms with Gasteiger partial charge in [-0.3, -0.25) is 4.98 Å². The molecule has 2 heteroatoms. The number of pyridine rings is 1. The first-order chi connectivity index (χ1) is 25.2. The van der Waals surface area contributed by atoms with Crippen molar-refractivity contribution in [1.82, 2.24) is 4.98 Å². The molecule has 1 aliphatic heterocycles. The van der Waals surface area contributed by atoms with Gasteiger partial charge in [-0.1, -0.05) is 164 Å². The lowest BCUT2D eigenvalue weighted by molar-refractivity contribution is 0.805. The fourth-order valence-electron chi connectivity index (χ4n) is 7.58. The Morgan fingerprint density at radius 1 is 0.431 bits per heavy atom. The van der Waals surface area contributed by atoms with Gasteiger partial charge in [0.25, 0.3) is 0 Å². The molecule has 0 amide bonds. The third-order valence-electron chi connectivity index (χ3n) is 10.2. The Morgan fingerprint density at radius 2 is 0.941 bits per heavy atom. The summed E-state index contributed by atoms with van der Waals surface area (Å²) < 4.78 is 0. The zero-order valence-corrected chi connectivity index (χ0v) is 28.4. The molecule has 0 radical (unpaired) electrons. The SMILES string of the molecule is CN1c2c(cc(-c3ccc(-c4ccccc4)cc3)c3ccccc23)C(c2ccc(-c3ccccn3)cc2)=CC1c1ccc(-c2ccccc2)cc1. The normalized spacial score (nSPS) is 13.9. The lowest BCUT2D eigenvalue weighted by Gasteiger charge is -2.37. The molecule has 1 aliphatic rings. The monoisotopic (exact) mass is 652 g/mol. The third-order valence-corrected chi connectivity index (χ3v) is 10.2. The van der Waals surface area contributed by atoms with Crippen molar-refractivity contribution in [2.75, 3.05) is 11.9 Å². The summed E-state index contributed by atoms with van der Waals surface area (Å²) in [6, 6.07) is 65.6. The summed E-state index contributed by atoms with van der Waals surface area (Å²) in [5.41, 5.74) is 15.6. The summed E-state index contributed by atoms with van der Waals surface area (Å²) >= 11 is 0. The highest BCUT2D eigenvalue weighted by atomic mass is 15.1. The summed E-state index contributed by atoms with van der Waals surface area (Å²) in [4.78, 5) is 7.06. The number of fused-ring (bicyclic) bond motifs is 3. The van der Waals surface area contributed by atoms with Crippen LogP contribution in [0.4, 0.5) is 5.69 Å². The number of anilines is 1. The molecular weight excluding hydrogens is 617 g/mol. The van der Waals surface area contributed by atoms with Crippen molar-refractivity contribution in [2.45, 2.75) is 6.04 Å². The van der Waals surface area contributed by atoms with E-state index in [1.165, 1.54) is 72.1 Å². The molecule has 0 saturated carbocycles. The Morgan fingerprint density at radius 3 is 1.57 bits per heavy atom. The fourth-order valence-corrected chi connectivity index (χ4v) is 7.58. The van der Waals surface area contributed by atoms with Crippen LogP contribution in [0.5, 0.6) is 0 Å². The second-order valence-corrected chi connectivity index (χ2v) is 13.2. The first-order valence-corrected chi connectivity index (χ1v) is 17.6. The molecule has 0 saturated heterocycles. The van der Waals surface area contributed by atoms with E-state index in [1.807, 2.05) is 18.3 Å². The number of aromatic nitrogens is 1. The van der Waals surface area contributed by atoms with Gasteiger partial charge in [0.15, 0.2) is 0 Å². The van der Waals surface area contributed by atoms with Crippen molar-refractivity contribution in [2.24, 2.45) is 0 Å². The van der Waals surface area contributed by atoms with E-state index in [0.717, 1.165) is 11.3 Å².